The summed E-state index contributed by atoms with van der Waals surface area (Å²) in [5.74, 6) is -0.853. The summed E-state index contributed by atoms with van der Waals surface area (Å²) < 4.78 is 0. The quantitative estimate of drug-likeness (QED) is 0.545. The summed E-state index contributed by atoms with van der Waals surface area (Å²) in [5.41, 5.74) is 2.61. The van der Waals surface area contributed by atoms with Crippen LogP contribution in [0.5, 0.6) is 0 Å². The maximum atomic E-state index is 10.4. The Kier molecular flexibility index (Phi) is 2.94. The smallest absolute Gasteiger partial charge is 0.317 e. The van der Waals surface area contributed by atoms with Crippen molar-refractivity contribution in [2.75, 3.05) is 13.6 Å². The zero-order chi connectivity index (χ0) is 9.30. The van der Waals surface area contributed by atoms with E-state index in [-0.39, 0.29) is 18.2 Å². The normalized spacial score (nSPS) is 32.6. The molecule has 0 radical (unpaired) electrons. The number of carboxylic acids is 1. The molecule has 0 aromatic heterocycles. The maximum absolute atomic E-state index is 10.4. The van der Waals surface area contributed by atoms with Crippen LogP contribution in [0.2, 0.25) is 0 Å². The SMILES string of the molecule is CC1N(C)NC([S-])N1CC(=O)O. The molecule has 2 atom stereocenters. The third-order valence-electron chi connectivity index (χ3n) is 1.97. The van der Waals surface area contributed by atoms with Crippen molar-refractivity contribution in [3.8, 4) is 0 Å². The fourth-order valence-corrected chi connectivity index (χ4v) is 1.56. The van der Waals surface area contributed by atoms with Gasteiger partial charge in [0.25, 0.3) is 0 Å². The molecule has 1 rings (SSSR count). The third-order valence-corrected chi connectivity index (χ3v) is 2.35. The van der Waals surface area contributed by atoms with Gasteiger partial charge in [0.1, 0.15) is 0 Å². The van der Waals surface area contributed by atoms with Crippen LogP contribution in [0.3, 0.4) is 0 Å². The summed E-state index contributed by atoms with van der Waals surface area (Å²) in [6.07, 6.45) is 0.0311. The van der Waals surface area contributed by atoms with Crippen molar-refractivity contribution in [3.05, 3.63) is 0 Å². The van der Waals surface area contributed by atoms with Gasteiger partial charge in [0.05, 0.1) is 12.7 Å². The van der Waals surface area contributed by atoms with Gasteiger partial charge >= 0.3 is 5.97 Å². The zero-order valence-electron chi connectivity index (χ0n) is 7.02. The first-order valence-electron chi connectivity index (χ1n) is 3.64. The van der Waals surface area contributed by atoms with Crippen molar-refractivity contribution in [2.24, 2.45) is 0 Å². The highest BCUT2D eigenvalue weighted by Crippen LogP contribution is 2.12. The second kappa shape index (κ2) is 3.61. The third kappa shape index (κ3) is 1.89. The lowest BCUT2D eigenvalue weighted by molar-refractivity contribution is -0.138. The number of aliphatic carboxylic acids is 1. The van der Waals surface area contributed by atoms with E-state index in [9.17, 15) is 4.79 Å². The molecule has 2 unspecified atom stereocenters. The molecule has 0 aromatic rings. The summed E-state index contributed by atoms with van der Waals surface area (Å²) in [6, 6.07) is 0. The van der Waals surface area contributed by atoms with Crippen LogP contribution in [-0.4, -0.2) is 46.2 Å². The summed E-state index contributed by atoms with van der Waals surface area (Å²) >= 11 is 5.01. The van der Waals surface area contributed by atoms with Crippen LogP contribution in [0, 0.1) is 0 Å². The van der Waals surface area contributed by atoms with Gasteiger partial charge in [-0.3, -0.25) is 15.1 Å². The Morgan fingerprint density at radius 2 is 2.33 bits per heavy atom. The minimum atomic E-state index is -0.853. The molecule has 0 aliphatic carbocycles. The minimum absolute atomic E-state index is 0.0212. The summed E-state index contributed by atoms with van der Waals surface area (Å²) in [4.78, 5) is 12.1. The van der Waals surface area contributed by atoms with Gasteiger partial charge in [0.2, 0.25) is 0 Å². The Morgan fingerprint density at radius 3 is 2.67 bits per heavy atom. The predicted octanol–water partition coefficient (Wildman–Crippen LogP) is -1.00. The first kappa shape index (κ1) is 9.79. The molecule has 0 aromatic carbocycles. The van der Waals surface area contributed by atoms with E-state index in [4.69, 9.17) is 17.7 Å². The Hall–Kier alpha value is -0.300. The highest BCUT2D eigenvalue weighted by Gasteiger charge is 2.28. The molecule has 1 aliphatic rings. The summed E-state index contributed by atoms with van der Waals surface area (Å²) in [5, 5.41) is 10.4. The van der Waals surface area contributed by atoms with Crippen molar-refractivity contribution in [1.29, 1.82) is 0 Å². The number of hydrogen-bond acceptors (Lipinski definition) is 5. The molecule has 70 valence electrons. The second-order valence-corrected chi connectivity index (χ2v) is 3.24. The van der Waals surface area contributed by atoms with Crippen LogP contribution >= 0.6 is 0 Å². The summed E-state index contributed by atoms with van der Waals surface area (Å²) in [7, 11) is 1.84. The average molecular weight is 190 g/mol. The summed E-state index contributed by atoms with van der Waals surface area (Å²) in [6.45, 7) is 1.88. The van der Waals surface area contributed by atoms with Crippen LogP contribution in [0.4, 0.5) is 0 Å². The first-order chi connectivity index (χ1) is 5.52. The highest BCUT2D eigenvalue weighted by molar-refractivity contribution is 7.59. The Balaban J connectivity index is 2.57. The van der Waals surface area contributed by atoms with E-state index >= 15 is 0 Å². The van der Waals surface area contributed by atoms with Crippen molar-refractivity contribution in [3.63, 3.8) is 0 Å². The lowest BCUT2D eigenvalue weighted by Gasteiger charge is -2.28. The molecule has 0 saturated carbocycles. The number of nitrogens with one attached hydrogen (secondary N) is 1. The van der Waals surface area contributed by atoms with E-state index in [2.05, 4.69) is 5.43 Å². The first-order valence-corrected chi connectivity index (χ1v) is 4.12. The Morgan fingerprint density at radius 1 is 1.75 bits per heavy atom. The minimum Gasteiger partial charge on any atom is -0.757 e. The van der Waals surface area contributed by atoms with Crippen LogP contribution in [0.25, 0.3) is 0 Å². The van der Waals surface area contributed by atoms with Crippen molar-refractivity contribution < 1.29 is 9.90 Å². The largest absolute Gasteiger partial charge is 0.757 e. The fraction of sp³-hybridized carbons (Fsp3) is 0.833. The Bertz CT molecular complexity index is 190. The van der Waals surface area contributed by atoms with Gasteiger partial charge in [-0.25, -0.2) is 5.01 Å². The number of hydrogen-bond donors (Lipinski definition) is 2. The highest BCUT2D eigenvalue weighted by atomic mass is 32.1. The molecule has 1 aliphatic heterocycles. The lowest BCUT2D eigenvalue weighted by atomic mass is 10.4. The van der Waals surface area contributed by atoms with Gasteiger partial charge in [-0.1, -0.05) is 0 Å². The fourth-order valence-electron chi connectivity index (χ4n) is 1.15. The molecule has 1 heterocycles. The molecular formula is C6H12N3O2S-. The molecule has 0 amide bonds. The topological polar surface area (TPSA) is 55.8 Å². The molecule has 1 saturated heterocycles. The van der Waals surface area contributed by atoms with E-state index in [1.165, 1.54) is 0 Å². The molecule has 0 spiro atoms. The van der Waals surface area contributed by atoms with E-state index in [1.54, 1.807) is 9.91 Å². The zero-order valence-corrected chi connectivity index (χ0v) is 7.84. The number of rotatable bonds is 2. The van der Waals surface area contributed by atoms with Crippen molar-refractivity contribution in [2.45, 2.75) is 18.6 Å². The number of carbonyl (C=O) groups is 1. The molecule has 5 nitrogen and oxygen atoms in total. The van der Waals surface area contributed by atoms with E-state index < -0.39 is 5.97 Å². The van der Waals surface area contributed by atoms with Gasteiger partial charge in [0.15, 0.2) is 0 Å². The van der Waals surface area contributed by atoms with Crippen molar-refractivity contribution in [1.82, 2.24) is 15.3 Å². The molecule has 12 heavy (non-hydrogen) atoms. The van der Waals surface area contributed by atoms with Crippen LogP contribution in [0.15, 0.2) is 0 Å². The van der Waals surface area contributed by atoms with Crippen LogP contribution in [0.1, 0.15) is 6.92 Å². The van der Waals surface area contributed by atoms with Crippen LogP contribution < -0.4 is 5.43 Å². The molecule has 2 N–H and O–H groups in total. The van der Waals surface area contributed by atoms with Gasteiger partial charge < -0.3 is 17.7 Å². The number of carboxylic acid groups (broad SMARTS) is 1. The van der Waals surface area contributed by atoms with E-state index in [0.29, 0.717) is 0 Å². The monoisotopic (exact) mass is 190 g/mol. The number of nitrogens with zero attached hydrogens (tertiary/aromatic N) is 2. The lowest BCUT2D eigenvalue weighted by Crippen LogP contribution is -2.40. The maximum Gasteiger partial charge on any atom is 0.317 e. The standard InChI is InChI=1S/C6H13N3O2S/c1-4-8(2)7-6(12)9(4)3-5(10)11/h4,6-7,12H,3H2,1-2H3,(H,10,11)/p-1. The van der Waals surface area contributed by atoms with E-state index in [1.807, 2.05) is 14.0 Å². The van der Waals surface area contributed by atoms with Crippen LogP contribution in [-0.2, 0) is 17.4 Å². The van der Waals surface area contributed by atoms with Gasteiger partial charge in [0, 0.05) is 7.05 Å². The average Bonchev–Trinajstić information content (AvgIpc) is 2.16. The van der Waals surface area contributed by atoms with E-state index in [0.717, 1.165) is 0 Å². The van der Waals surface area contributed by atoms with Gasteiger partial charge in [-0.15, -0.1) is 0 Å². The van der Waals surface area contributed by atoms with Gasteiger partial charge in [-0.2, -0.15) is 0 Å². The van der Waals surface area contributed by atoms with Crippen molar-refractivity contribution >= 4 is 18.6 Å². The predicted molar refractivity (Wildman–Crippen MR) is 45.9 cm³/mol. The molecule has 0 bridgehead atoms. The molecular weight excluding hydrogens is 178 g/mol. The molecule has 1 fully saturated rings. The Labute approximate surface area is 76.7 Å². The number of hydrazine groups is 1. The second-order valence-electron chi connectivity index (χ2n) is 2.79. The van der Waals surface area contributed by atoms with Gasteiger partial charge in [-0.05, 0) is 12.4 Å². The molecule has 6 heteroatoms.